The molecule has 0 aliphatic rings. The molecule has 2 rings (SSSR count). The summed E-state index contributed by atoms with van der Waals surface area (Å²) >= 11 is 5.88. The Morgan fingerprint density at radius 2 is 1.71 bits per heavy atom. The van der Waals surface area contributed by atoms with Gasteiger partial charge in [-0.25, -0.2) is 0 Å². The molecule has 2 amide bonds. The molecule has 0 saturated carbocycles. The van der Waals surface area contributed by atoms with Crippen molar-refractivity contribution in [3.63, 3.8) is 0 Å². The highest BCUT2D eigenvalue weighted by Gasteiger charge is 2.14. The number of nitrogens with one attached hydrogen (secondary N) is 2. The lowest BCUT2D eigenvalue weighted by Crippen LogP contribution is -2.42. The number of carbonyl (C=O) groups excluding carboxylic acids is 2. The monoisotopic (exact) mass is 348 g/mol. The summed E-state index contributed by atoms with van der Waals surface area (Å²) in [6.45, 7) is 0. The first kappa shape index (κ1) is 17.6. The number of para-hydroxylation sites is 1. The quantitative estimate of drug-likeness (QED) is 0.813. The number of benzene rings is 2. The van der Waals surface area contributed by atoms with E-state index in [2.05, 4.69) is 10.9 Å². The van der Waals surface area contributed by atoms with E-state index in [1.165, 1.54) is 20.3 Å². The zero-order chi connectivity index (χ0) is 17.5. The molecule has 0 fully saturated rings. The normalized spacial score (nSPS) is 9.96. The molecule has 2 aromatic rings. The molecule has 0 aliphatic carbocycles. The number of halogens is 1. The molecular weight excluding hydrogens is 332 g/mol. The Labute approximate surface area is 144 Å². The number of hydrazine groups is 1. The number of hydrogen-bond acceptors (Lipinski definition) is 4. The first-order valence-corrected chi connectivity index (χ1v) is 7.47. The van der Waals surface area contributed by atoms with Crippen LogP contribution in [0.5, 0.6) is 11.5 Å². The highest BCUT2D eigenvalue weighted by atomic mass is 35.5. The van der Waals surface area contributed by atoms with Crippen LogP contribution in [0.25, 0.3) is 0 Å². The summed E-state index contributed by atoms with van der Waals surface area (Å²) in [4.78, 5) is 24.2. The van der Waals surface area contributed by atoms with Crippen molar-refractivity contribution in [1.82, 2.24) is 10.9 Å². The third-order valence-corrected chi connectivity index (χ3v) is 3.50. The van der Waals surface area contributed by atoms with Gasteiger partial charge in [0, 0.05) is 10.6 Å². The van der Waals surface area contributed by atoms with E-state index in [0.717, 1.165) is 0 Å². The first-order valence-electron chi connectivity index (χ1n) is 7.09. The van der Waals surface area contributed by atoms with Gasteiger partial charge in [0.15, 0.2) is 0 Å². The van der Waals surface area contributed by atoms with Crippen LogP contribution in [0.15, 0.2) is 42.5 Å². The molecule has 2 aromatic carbocycles. The summed E-state index contributed by atoms with van der Waals surface area (Å²) < 4.78 is 10.3. The second kappa shape index (κ2) is 8.21. The van der Waals surface area contributed by atoms with E-state index in [-0.39, 0.29) is 17.9 Å². The first-order chi connectivity index (χ1) is 11.5. The smallest absolute Gasteiger partial charge is 0.273 e. The van der Waals surface area contributed by atoms with Gasteiger partial charge in [0.1, 0.15) is 11.5 Å². The molecule has 0 bridgehead atoms. The Balaban J connectivity index is 1.99. The van der Waals surface area contributed by atoms with Crippen molar-refractivity contribution in [2.45, 2.75) is 6.42 Å². The van der Waals surface area contributed by atoms with Crippen molar-refractivity contribution in [2.75, 3.05) is 14.2 Å². The predicted molar refractivity (Wildman–Crippen MR) is 90.3 cm³/mol. The zero-order valence-corrected chi connectivity index (χ0v) is 14.0. The summed E-state index contributed by atoms with van der Waals surface area (Å²) in [5.74, 6) is 0.0583. The molecule has 0 spiro atoms. The summed E-state index contributed by atoms with van der Waals surface area (Å²) in [5.41, 5.74) is 5.64. The predicted octanol–water partition coefficient (Wildman–Crippen LogP) is 2.36. The Bertz CT molecular complexity index is 749. The Morgan fingerprint density at radius 3 is 2.42 bits per heavy atom. The highest BCUT2D eigenvalue weighted by molar-refractivity contribution is 6.31. The number of rotatable bonds is 5. The van der Waals surface area contributed by atoms with Crippen LogP contribution in [0.2, 0.25) is 5.02 Å². The van der Waals surface area contributed by atoms with Crippen LogP contribution in [0.3, 0.4) is 0 Å². The standard InChI is InChI=1S/C17H17ClN2O4/c1-23-14-6-4-3-5-11(14)9-16(21)19-20-17(22)13-10-12(18)7-8-15(13)24-2/h3-8,10H,9H2,1-2H3,(H,19,21)(H,20,22). The molecule has 0 heterocycles. The van der Waals surface area contributed by atoms with Crippen LogP contribution < -0.4 is 20.3 Å². The third-order valence-electron chi connectivity index (χ3n) is 3.27. The van der Waals surface area contributed by atoms with Crippen LogP contribution in [0.4, 0.5) is 0 Å². The van der Waals surface area contributed by atoms with E-state index in [9.17, 15) is 9.59 Å². The molecule has 7 heteroatoms. The summed E-state index contributed by atoms with van der Waals surface area (Å²) in [5, 5.41) is 0.390. The number of amides is 2. The fourth-order valence-electron chi connectivity index (χ4n) is 2.12. The fraction of sp³-hybridized carbons (Fsp3) is 0.176. The summed E-state index contributed by atoms with van der Waals surface area (Å²) in [7, 11) is 2.98. The zero-order valence-electron chi connectivity index (χ0n) is 13.3. The maximum Gasteiger partial charge on any atom is 0.273 e. The lowest BCUT2D eigenvalue weighted by molar-refractivity contribution is -0.121. The highest BCUT2D eigenvalue weighted by Crippen LogP contribution is 2.22. The average Bonchev–Trinajstić information content (AvgIpc) is 2.60. The van der Waals surface area contributed by atoms with Gasteiger partial charge in [0.2, 0.25) is 5.91 Å². The molecule has 0 saturated heterocycles. The van der Waals surface area contributed by atoms with Gasteiger partial charge in [0.25, 0.3) is 5.91 Å². The van der Waals surface area contributed by atoms with Crippen LogP contribution in [0, 0.1) is 0 Å². The van der Waals surface area contributed by atoms with Crippen LogP contribution in [-0.4, -0.2) is 26.0 Å². The number of ether oxygens (including phenoxy) is 2. The molecule has 24 heavy (non-hydrogen) atoms. The summed E-state index contributed by atoms with van der Waals surface area (Å²) in [6.07, 6.45) is 0.0664. The van der Waals surface area contributed by atoms with Gasteiger partial charge in [-0.05, 0) is 24.3 Å². The maximum absolute atomic E-state index is 12.2. The van der Waals surface area contributed by atoms with Crippen molar-refractivity contribution in [2.24, 2.45) is 0 Å². The molecule has 0 radical (unpaired) electrons. The van der Waals surface area contributed by atoms with E-state index in [1.54, 1.807) is 30.3 Å². The van der Waals surface area contributed by atoms with Gasteiger partial charge in [-0.15, -0.1) is 0 Å². The van der Waals surface area contributed by atoms with Crippen molar-refractivity contribution in [3.05, 3.63) is 58.6 Å². The van der Waals surface area contributed by atoms with Crippen molar-refractivity contribution < 1.29 is 19.1 Å². The Kier molecular flexibility index (Phi) is 6.03. The van der Waals surface area contributed by atoms with Crippen molar-refractivity contribution in [1.29, 1.82) is 0 Å². The van der Waals surface area contributed by atoms with Gasteiger partial charge >= 0.3 is 0 Å². The largest absolute Gasteiger partial charge is 0.496 e. The van der Waals surface area contributed by atoms with E-state index in [1.807, 2.05) is 6.07 Å². The topological polar surface area (TPSA) is 76.7 Å². The molecular formula is C17H17ClN2O4. The fourth-order valence-corrected chi connectivity index (χ4v) is 2.29. The summed E-state index contributed by atoms with van der Waals surface area (Å²) in [6, 6.07) is 11.8. The SMILES string of the molecule is COc1ccccc1CC(=O)NNC(=O)c1cc(Cl)ccc1OC. The molecule has 6 nitrogen and oxygen atoms in total. The molecule has 2 N–H and O–H groups in total. The van der Waals surface area contributed by atoms with Crippen molar-refractivity contribution >= 4 is 23.4 Å². The minimum atomic E-state index is -0.525. The van der Waals surface area contributed by atoms with Gasteiger partial charge < -0.3 is 9.47 Å². The van der Waals surface area contributed by atoms with Crippen molar-refractivity contribution in [3.8, 4) is 11.5 Å². The second-order valence-electron chi connectivity index (χ2n) is 4.84. The average molecular weight is 349 g/mol. The molecule has 0 aromatic heterocycles. The number of methoxy groups -OCH3 is 2. The number of carbonyl (C=O) groups is 2. The van der Waals surface area contributed by atoms with E-state index < -0.39 is 5.91 Å². The van der Waals surface area contributed by atoms with E-state index >= 15 is 0 Å². The third kappa shape index (κ3) is 4.39. The van der Waals surface area contributed by atoms with Gasteiger partial charge in [0.05, 0.1) is 26.2 Å². The van der Waals surface area contributed by atoms with E-state index in [4.69, 9.17) is 21.1 Å². The maximum atomic E-state index is 12.2. The Hall–Kier alpha value is -2.73. The molecule has 0 atom stereocenters. The van der Waals surface area contributed by atoms with Gasteiger partial charge in [-0.3, -0.25) is 20.4 Å². The lowest BCUT2D eigenvalue weighted by atomic mass is 10.1. The van der Waals surface area contributed by atoms with E-state index in [0.29, 0.717) is 22.1 Å². The van der Waals surface area contributed by atoms with Crippen LogP contribution in [0.1, 0.15) is 15.9 Å². The molecule has 126 valence electrons. The minimum absolute atomic E-state index is 0.0664. The Morgan fingerprint density at radius 1 is 1.00 bits per heavy atom. The van der Waals surface area contributed by atoms with Crippen LogP contribution >= 0.6 is 11.6 Å². The molecule has 0 unspecified atom stereocenters. The van der Waals surface area contributed by atoms with Gasteiger partial charge in [-0.2, -0.15) is 0 Å². The number of hydrogen-bond donors (Lipinski definition) is 2. The minimum Gasteiger partial charge on any atom is -0.496 e. The second-order valence-corrected chi connectivity index (χ2v) is 5.27. The molecule has 0 aliphatic heterocycles. The lowest BCUT2D eigenvalue weighted by Gasteiger charge is -2.11. The van der Waals surface area contributed by atoms with Gasteiger partial charge in [-0.1, -0.05) is 29.8 Å². The van der Waals surface area contributed by atoms with Crippen LogP contribution in [-0.2, 0) is 11.2 Å².